The van der Waals surface area contributed by atoms with Gasteiger partial charge in [-0.1, -0.05) is 0 Å². The van der Waals surface area contributed by atoms with E-state index in [4.69, 9.17) is 14.4 Å². The second-order valence-electron chi connectivity index (χ2n) is 5.59. The molecule has 0 spiro atoms. The standard InChI is InChI=1S/C11H17BN2O4S/c1-10(2)11(3,4)18-12(17-10)8-5-9(7-14-6-8)19(13,15)16/h5-7H,1-4H3,(H2,13,15,16). The molecule has 19 heavy (non-hydrogen) atoms. The molecule has 6 nitrogen and oxygen atoms in total. The highest BCUT2D eigenvalue weighted by Gasteiger charge is 2.51. The summed E-state index contributed by atoms with van der Waals surface area (Å²) in [4.78, 5) is 3.82. The predicted octanol–water partition coefficient (Wildman–Crippen LogP) is 0.0282. The Kier molecular flexibility index (Phi) is 3.25. The van der Waals surface area contributed by atoms with Gasteiger partial charge >= 0.3 is 7.12 Å². The second-order valence-corrected chi connectivity index (χ2v) is 7.15. The Bertz CT molecular complexity index is 584. The van der Waals surface area contributed by atoms with Gasteiger partial charge < -0.3 is 9.31 Å². The van der Waals surface area contributed by atoms with E-state index in [2.05, 4.69) is 4.98 Å². The summed E-state index contributed by atoms with van der Waals surface area (Å²) in [5.41, 5.74) is -0.449. The van der Waals surface area contributed by atoms with Gasteiger partial charge in [-0.3, -0.25) is 4.98 Å². The van der Waals surface area contributed by atoms with Gasteiger partial charge in [0.05, 0.1) is 16.1 Å². The average molecular weight is 284 g/mol. The fourth-order valence-electron chi connectivity index (χ4n) is 1.70. The fourth-order valence-corrected chi connectivity index (χ4v) is 2.21. The zero-order chi connectivity index (χ0) is 14.5. The lowest BCUT2D eigenvalue weighted by Crippen LogP contribution is -2.41. The first kappa shape index (κ1) is 14.5. The minimum absolute atomic E-state index is 0.0558. The highest BCUT2D eigenvalue weighted by atomic mass is 32.2. The van der Waals surface area contributed by atoms with Crippen LogP contribution < -0.4 is 10.6 Å². The first-order valence-corrected chi connectivity index (χ1v) is 7.41. The normalized spacial score (nSPS) is 21.6. The van der Waals surface area contributed by atoms with E-state index in [1.54, 1.807) is 0 Å². The summed E-state index contributed by atoms with van der Waals surface area (Å²) < 4.78 is 34.3. The van der Waals surface area contributed by atoms with Crippen molar-refractivity contribution in [2.75, 3.05) is 0 Å². The average Bonchev–Trinajstić information content (AvgIpc) is 2.47. The molecule has 0 radical (unpaired) electrons. The van der Waals surface area contributed by atoms with Crippen molar-refractivity contribution in [3.05, 3.63) is 18.5 Å². The van der Waals surface area contributed by atoms with E-state index in [9.17, 15) is 8.42 Å². The molecule has 1 aromatic heterocycles. The molecule has 0 amide bonds. The molecule has 1 aliphatic rings. The summed E-state index contributed by atoms with van der Waals surface area (Å²) in [7, 11) is -4.44. The van der Waals surface area contributed by atoms with Gasteiger partial charge in [-0.15, -0.1) is 0 Å². The van der Waals surface area contributed by atoms with E-state index >= 15 is 0 Å². The quantitative estimate of drug-likeness (QED) is 0.773. The van der Waals surface area contributed by atoms with Gasteiger partial charge in [0.15, 0.2) is 0 Å². The van der Waals surface area contributed by atoms with Crippen LogP contribution in [0.15, 0.2) is 23.4 Å². The molecule has 2 heterocycles. The number of nitrogens with two attached hydrogens (primary N) is 1. The van der Waals surface area contributed by atoms with Crippen molar-refractivity contribution in [1.82, 2.24) is 4.98 Å². The number of hydrogen-bond donors (Lipinski definition) is 1. The molecular weight excluding hydrogens is 267 g/mol. The molecule has 1 aromatic rings. The van der Waals surface area contributed by atoms with E-state index in [1.165, 1.54) is 18.5 Å². The summed E-state index contributed by atoms with van der Waals surface area (Å²) in [6, 6.07) is 1.42. The summed E-state index contributed by atoms with van der Waals surface area (Å²) >= 11 is 0. The Morgan fingerprint density at radius 2 is 1.68 bits per heavy atom. The largest absolute Gasteiger partial charge is 0.496 e. The van der Waals surface area contributed by atoms with Gasteiger partial charge in [0.25, 0.3) is 0 Å². The van der Waals surface area contributed by atoms with Crippen molar-refractivity contribution in [3.8, 4) is 0 Å². The maximum absolute atomic E-state index is 11.3. The van der Waals surface area contributed by atoms with Crippen molar-refractivity contribution in [1.29, 1.82) is 0 Å². The van der Waals surface area contributed by atoms with E-state index in [-0.39, 0.29) is 4.90 Å². The van der Waals surface area contributed by atoms with Crippen molar-refractivity contribution in [2.45, 2.75) is 43.8 Å². The maximum atomic E-state index is 11.3. The number of aromatic nitrogens is 1. The number of primary sulfonamides is 1. The van der Waals surface area contributed by atoms with E-state index in [1.807, 2.05) is 27.7 Å². The molecule has 104 valence electrons. The van der Waals surface area contributed by atoms with Crippen LogP contribution in [0.1, 0.15) is 27.7 Å². The van der Waals surface area contributed by atoms with Crippen molar-refractivity contribution >= 4 is 22.6 Å². The predicted molar refractivity (Wildman–Crippen MR) is 71.3 cm³/mol. The molecule has 1 saturated heterocycles. The first-order chi connectivity index (χ1) is 8.53. The monoisotopic (exact) mass is 284 g/mol. The SMILES string of the molecule is CC1(C)OB(c2cncc(S(N)(=O)=O)c2)OC1(C)C. The molecule has 0 atom stereocenters. The third-order valence-electron chi connectivity index (χ3n) is 3.59. The molecule has 0 unspecified atom stereocenters. The molecule has 1 aliphatic heterocycles. The van der Waals surface area contributed by atoms with Gasteiger partial charge in [0, 0.05) is 17.9 Å². The molecular formula is C11H17BN2O4S. The minimum atomic E-state index is -3.79. The lowest BCUT2D eigenvalue weighted by Gasteiger charge is -2.32. The summed E-state index contributed by atoms with van der Waals surface area (Å²) in [5.74, 6) is 0. The van der Waals surface area contributed by atoms with Crippen LogP contribution in [-0.4, -0.2) is 31.7 Å². The van der Waals surface area contributed by atoms with Crippen molar-refractivity contribution < 1.29 is 17.7 Å². The topological polar surface area (TPSA) is 91.5 Å². The molecule has 0 aromatic carbocycles. The highest BCUT2D eigenvalue weighted by molar-refractivity contribution is 7.89. The molecule has 2 N–H and O–H groups in total. The zero-order valence-electron chi connectivity index (χ0n) is 11.4. The van der Waals surface area contributed by atoms with Gasteiger partial charge in [-0.25, -0.2) is 13.6 Å². The smallest absolute Gasteiger partial charge is 0.399 e. The second kappa shape index (κ2) is 4.27. The van der Waals surface area contributed by atoms with Crippen LogP contribution in [0.25, 0.3) is 0 Å². The fraction of sp³-hybridized carbons (Fsp3) is 0.545. The van der Waals surface area contributed by atoms with E-state index < -0.39 is 28.3 Å². The Balaban J connectivity index is 2.36. The molecule has 1 fully saturated rings. The number of sulfonamides is 1. The lowest BCUT2D eigenvalue weighted by atomic mass is 9.80. The zero-order valence-corrected chi connectivity index (χ0v) is 12.2. The Labute approximate surface area is 113 Å². The van der Waals surface area contributed by atoms with Crippen LogP contribution in [0, 0.1) is 0 Å². The van der Waals surface area contributed by atoms with Crippen LogP contribution in [0.5, 0.6) is 0 Å². The summed E-state index contributed by atoms with van der Waals surface area (Å²) in [6.45, 7) is 7.68. The third kappa shape index (κ3) is 2.67. The van der Waals surface area contributed by atoms with Crippen molar-refractivity contribution in [3.63, 3.8) is 0 Å². The van der Waals surface area contributed by atoms with Crippen molar-refractivity contribution in [2.24, 2.45) is 5.14 Å². The minimum Gasteiger partial charge on any atom is -0.399 e. The molecule has 0 aliphatic carbocycles. The van der Waals surface area contributed by atoms with Crippen LogP contribution in [-0.2, 0) is 19.3 Å². The first-order valence-electron chi connectivity index (χ1n) is 5.86. The van der Waals surface area contributed by atoms with Gasteiger partial charge in [-0.2, -0.15) is 0 Å². The van der Waals surface area contributed by atoms with E-state index in [0.717, 1.165) is 0 Å². The molecule has 0 saturated carbocycles. The summed E-state index contributed by atoms with van der Waals surface area (Å²) in [5, 5.41) is 5.08. The van der Waals surface area contributed by atoms with Gasteiger partial charge in [0.2, 0.25) is 10.0 Å². The van der Waals surface area contributed by atoms with E-state index in [0.29, 0.717) is 5.46 Å². The van der Waals surface area contributed by atoms with Gasteiger partial charge in [-0.05, 0) is 33.8 Å². The Hall–Kier alpha value is -0.955. The Morgan fingerprint density at radius 1 is 1.16 bits per heavy atom. The maximum Gasteiger partial charge on any atom is 0.496 e. The highest BCUT2D eigenvalue weighted by Crippen LogP contribution is 2.36. The van der Waals surface area contributed by atoms with Gasteiger partial charge in [0.1, 0.15) is 0 Å². The summed E-state index contributed by atoms with van der Waals surface area (Å²) in [6.07, 6.45) is 2.71. The Morgan fingerprint density at radius 3 is 2.16 bits per heavy atom. The van der Waals surface area contributed by atoms with Crippen LogP contribution in [0.4, 0.5) is 0 Å². The molecule has 8 heteroatoms. The number of pyridine rings is 1. The third-order valence-corrected chi connectivity index (χ3v) is 4.47. The number of rotatable bonds is 2. The molecule has 0 bridgehead atoms. The molecule has 2 rings (SSSR count). The van der Waals surface area contributed by atoms with Crippen LogP contribution in [0.2, 0.25) is 0 Å². The number of hydrogen-bond acceptors (Lipinski definition) is 5. The number of nitrogens with zero attached hydrogens (tertiary/aromatic N) is 1. The van der Waals surface area contributed by atoms with Crippen LogP contribution in [0.3, 0.4) is 0 Å². The van der Waals surface area contributed by atoms with Crippen LogP contribution >= 0.6 is 0 Å². The lowest BCUT2D eigenvalue weighted by molar-refractivity contribution is 0.00578.